The van der Waals surface area contributed by atoms with Crippen LogP contribution >= 0.6 is 0 Å². The zero-order valence-electron chi connectivity index (χ0n) is 14.0. The Balaban J connectivity index is 2.15. The van der Waals surface area contributed by atoms with Crippen LogP contribution in [0.4, 0.5) is 16.2 Å². The van der Waals surface area contributed by atoms with E-state index in [0.29, 0.717) is 12.2 Å². The Morgan fingerprint density at radius 2 is 2.08 bits per heavy atom. The fourth-order valence-electron chi connectivity index (χ4n) is 2.36. The van der Waals surface area contributed by atoms with Gasteiger partial charge in [0.05, 0.1) is 10.5 Å². The van der Waals surface area contributed by atoms with E-state index >= 15 is 0 Å². The number of nitro groups is 1. The zero-order valence-corrected chi connectivity index (χ0v) is 14.0. The summed E-state index contributed by atoms with van der Waals surface area (Å²) in [5.74, 6) is -1.53. The third-order valence-corrected chi connectivity index (χ3v) is 3.64. The molecular weight excluding hydrogens is 332 g/mol. The number of carbonyl (C=O) groups excluding carboxylic acids is 3. The Morgan fingerprint density at radius 3 is 2.60 bits per heavy atom. The topological polar surface area (TPSA) is 122 Å². The SMILES string of the molecule is C[C@H](OC(=O)c1ccc(N(C)C)c([N+](=O)[O-])c1)C(=O)N1CCNC1=O. The second-order valence-corrected chi connectivity index (χ2v) is 5.62. The number of nitro benzene ring substituents is 1. The number of rotatable bonds is 5. The van der Waals surface area contributed by atoms with Crippen LogP contribution in [0, 0.1) is 10.1 Å². The number of imide groups is 1. The number of anilines is 1. The molecule has 0 aromatic heterocycles. The van der Waals surface area contributed by atoms with E-state index in [1.807, 2.05) is 0 Å². The number of nitrogens with one attached hydrogen (secondary N) is 1. The van der Waals surface area contributed by atoms with Crippen LogP contribution in [0.25, 0.3) is 0 Å². The van der Waals surface area contributed by atoms with Gasteiger partial charge in [0.2, 0.25) is 0 Å². The molecule has 0 saturated carbocycles. The summed E-state index contributed by atoms with van der Waals surface area (Å²) in [6.45, 7) is 1.88. The Morgan fingerprint density at radius 1 is 1.40 bits per heavy atom. The molecule has 10 heteroatoms. The van der Waals surface area contributed by atoms with Gasteiger partial charge in [-0.3, -0.25) is 19.8 Å². The predicted molar refractivity (Wildman–Crippen MR) is 87.4 cm³/mol. The Kier molecular flexibility index (Phi) is 5.20. The first kappa shape index (κ1) is 18.2. The number of hydrogen-bond donors (Lipinski definition) is 1. The van der Waals surface area contributed by atoms with Crippen molar-refractivity contribution in [3.63, 3.8) is 0 Å². The molecular formula is C15H18N4O6. The molecule has 0 radical (unpaired) electrons. The molecule has 0 unspecified atom stereocenters. The number of hydrogen-bond acceptors (Lipinski definition) is 7. The fourth-order valence-corrected chi connectivity index (χ4v) is 2.36. The number of nitrogens with zero attached hydrogens (tertiary/aromatic N) is 3. The molecule has 1 atom stereocenters. The quantitative estimate of drug-likeness (QED) is 0.472. The highest BCUT2D eigenvalue weighted by atomic mass is 16.6. The maximum Gasteiger partial charge on any atom is 0.339 e. The molecule has 0 bridgehead atoms. The average molecular weight is 350 g/mol. The van der Waals surface area contributed by atoms with E-state index in [1.165, 1.54) is 19.1 Å². The first-order valence-electron chi connectivity index (χ1n) is 7.48. The van der Waals surface area contributed by atoms with Gasteiger partial charge in [0.25, 0.3) is 11.6 Å². The van der Waals surface area contributed by atoms with Crippen molar-refractivity contribution >= 4 is 29.3 Å². The largest absolute Gasteiger partial charge is 0.449 e. The van der Waals surface area contributed by atoms with E-state index in [1.54, 1.807) is 19.0 Å². The Hall–Kier alpha value is -3.17. The molecule has 1 aromatic rings. The van der Waals surface area contributed by atoms with Gasteiger partial charge >= 0.3 is 12.0 Å². The van der Waals surface area contributed by atoms with Crippen molar-refractivity contribution in [2.24, 2.45) is 0 Å². The molecule has 0 spiro atoms. The Labute approximate surface area is 143 Å². The maximum atomic E-state index is 12.2. The van der Waals surface area contributed by atoms with E-state index in [2.05, 4.69) is 5.32 Å². The summed E-state index contributed by atoms with van der Waals surface area (Å²) in [6.07, 6.45) is -1.19. The van der Waals surface area contributed by atoms with Gasteiger partial charge in [-0.2, -0.15) is 0 Å². The first-order valence-corrected chi connectivity index (χ1v) is 7.48. The van der Waals surface area contributed by atoms with Gasteiger partial charge in [-0.05, 0) is 19.1 Å². The molecule has 1 aliphatic heterocycles. The van der Waals surface area contributed by atoms with Gasteiger partial charge in [0, 0.05) is 33.3 Å². The summed E-state index contributed by atoms with van der Waals surface area (Å²) >= 11 is 0. The summed E-state index contributed by atoms with van der Waals surface area (Å²) in [6, 6.07) is 3.36. The van der Waals surface area contributed by atoms with Crippen LogP contribution in [0.5, 0.6) is 0 Å². The lowest BCUT2D eigenvalue weighted by atomic mass is 10.1. The van der Waals surface area contributed by atoms with Gasteiger partial charge in [0.15, 0.2) is 6.10 Å². The van der Waals surface area contributed by atoms with Crippen LogP contribution in [-0.2, 0) is 9.53 Å². The third-order valence-electron chi connectivity index (χ3n) is 3.64. The van der Waals surface area contributed by atoms with Crippen molar-refractivity contribution in [2.75, 3.05) is 32.1 Å². The standard InChI is InChI=1S/C15H18N4O6/c1-9(13(20)18-7-6-16-15(18)22)25-14(21)10-4-5-11(17(2)3)12(8-10)19(23)24/h4-5,8-9H,6-7H2,1-3H3,(H,16,22)/t9-/m0/s1. The van der Waals surface area contributed by atoms with Gasteiger partial charge in [-0.1, -0.05) is 0 Å². The molecule has 1 N–H and O–H groups in total. The highest BCUT2D eigenvalue weighted by Gasteiger charge is 2.32. The second-order valence-electron chi connectivity index (χ2n) is 5.62. The summed E-state index contributed by atoms with van der Waals surface area (Å²) < 4.78 is 5.05. The average Bonchev–Trinajstić information content (AvgIpc) is 2.99. The molecule has 25 heavy (non-hydrogen) atoms. The number of amides is 3. The zero-order chi connectivity index (χ0) is 18.7. The second kappa shape index (κ2) is 7.16. The molecule has 1 heterocycles. The molecule has 10 nitrogen and oxygen atoms in total. The molecule has 3 amide bonds. The lowest BCUT2D eigenvalue weighted by molar-refractivity contribution is -0.384. The monoisotopic (exact) mass is 350 g/mol. The molecule has 2 rings (SSSR count). The minimum atomic E-state index is -1.19. The smallest absolute Gasteiger partial charge is 0.339 e. The van der Waals surface area contributed by atoms with Crippen molar-refractivity contribution in [3.05, 3.63) is 33.9 Å². The minimum absolute atomic E-state index is 0.0529. The highest BCUT2D eigenvalue weighted by molar-refractivity contribution is 5.99. The van der Waals surface area contributed by atoms with Crippen LogP contribution in [-0.4, -0.2) is 61.0 Å². The van der Waals surface area contributed by atoms with Crippen LogP contribution in [0.2, 0.25) is 0 Å². The third kappa shape index (κ3) is 3.84. The molecule has 1 aromatic carbocycles. The first-order chi connectivity index (χ1) is 11.7. The fraction of sp³-hybridized carbons (Fsp3) is 0.400. The van der Waals surface area contributed by atoms with E-state index in [-0.39, 0.29) is 17.8 Å². The molecule has 1 fully saturated rings. The molecule has 0 aliphatic carbocycles. The lowest BCUT2D eigenvalue weighted by Gasteiger charge is -2.18. The van der Waals surface area contributed by atoms with E-state index in [0.717, 1.165) is 11.0 Å². The summed E-state index contributed by atoms with van der Waals surface area (Å²) in [4.78, 5) is 48.8. The van der Waals surface area contributed by atoms with Gasteiger partial charge < -0.3 is 15.0 Å². The van der Waals surface area contributed by atoms with E-state index in [4.69, 9.17) is 4.74 Å². The summed E-state index contributed by atoms with van der Waals surface area (Å²) in [5.41, 5.74) is 0.0274. The summed E-state index contributed by atoms with van der Waals surface area (Å²) in [7, 11) is 3.28. The maximum absolute atomic E-state index is 12.2. The van der Waals surface area contributed by atoms with Crippen molar-refractivity contribution < 1.29 is 24.0 Å². The van der Waals surface area contributed by atoms with Crippen molar-refractivity contribution in [1.82, 2.24) is 10.2 Å². The van der Waals surface area contributed by atoms with Gasteiger partial charge in [-0.25, -0.2) is 9.59 Å². The molecule has 1 saturated heterocycles. The number of ether oxygens (including phenoxy) is 1. The van der Waals surface area contributed by atoms with Crippen LogP contribution in [0.1, 0.15) is 17.3 Å². The van der Waals surface area contributed by atoms with E-state index < -0.39 is 28.9 Å². The lowest BCUT2D eigenvalue weighted by Crippen LogP contribution is -2.41. The number of urea groups is 1. The summed E-state index contributed by atoms with van der Waals surface area (Å²) in [5, 5.41) is 13.6. The highest BCUT2D eigenvalue weighted by Crippen LogP contribution is 2.28. The van der Waals surface area contributed by atoms with Gasteiger partial charge in [0.1, 0.15) is 5.69 Å². The predicted octanol–water partition coefficient (Wildman–Crippen LogP) is 0.758. The Bertz CT molecular complexity index is 733. The normalized spacial score (nSPS) is 14.7. The van der Waals surface area contributed by atoms with Crippen molar-refractivity contribution in [3.8, 4) is 0 Å². The van der Waals surface area contributed by atoms with Gasteiger partial charge in [-0.15, -0.1) is 0 Å². The minimum Gasteiger partial charge on any atom is -0.449 e. The number of esters is 1. The van der Waals surface area contributed by atoms with Crippen molar-refractivity contribution in [2.45, 2.75) is 13.0 Å². The van der Waals surface area contributed by atoms with Crippen molar-refractivity contribution in [1.29, 1.82) is 0 Å². The van der Waals surface area contributed by atoms with Crippen LogP contribution < -0.4 is 10.2 Å². The van der Waals surface area contributed by atoms with E-state index in [9.17, 15) is 24.5 Å². The molecule has 1 aliphatic rings. The van der Waals surface area contributed by atoms with Crippen LogP contribution in [0.15, 0.2) is 18.2 Å². The number of benzene rings is 1. The number of carbonyl (C=O) groups is 3. The van der Waals surface area contributed by atoms with Crippen LogP contribution in [0.3, 0.4) is 0 Å². The molecule has 134 valence electrons.